The molecule has 0 aliphatic rings. The molecule has 0 saturated heterocycles. The van der Waals surface area contributed by atoms with E-state index in [1.807, 2.05) is 30.3 Å². The Morgan fingerprint density at radius 2 is 1.68 bits per heavy atom. The number of primary sulfonamides is 1. The lowest BCUT2D eigenvalue weighted by Crippen LogP contribution is -2.12. The van der Waals surface area contributed by atoms with Gasteiger partial charge in [-0.05, 0) is 36.5 Å². The van der Waals surface area contributed by atoms with Crippen LogP contribution >= 0.6 is 12.2 Å². The normalized spacial score (nSPS) is 11.5. The van der Waals surface area contributed by atoms with Crippen molar-refractivity contribution in [3.63, 3.8) is 0 Å². The molecule has 3 N–H and O–H groups in total. The summed E-state index contributed by atoms with van der Waals surface area (Å²) >= 11 is 5.10. The molecule has 0 atom stereocenters. The molecule has 0 spiro atoms. The lowest BCUT2D eigenvalue weighted by molar-refractivity contribution is 0.598. The van der Waals surface area contributed by atoms with Crippen molar-refractivity contribution in [3.05, 3.63) is 59.4 Å². The van der Waals surface area contributed by atoms with Crippen LogP contribution in [-0.2, 0) is 10.0 Å². The van der Waals surface area contributed by atoms with E-state index in [1.54, 1.807) is 16.8 Å². The Bertz CT molecular complexity index is 958. The number of nitrogens with one attached hydrogen (secondary N) is 1. The van der Waals surface area contributed by atoms with Crippen molar-refractivity contribution < 1.29 is 8.42 Å². The van der Waals surface area contributed by atoms with E-state index in [1.165, 1.54) is 12.1 Å². The Hall–Kier alpha value is -2.29. The first-order valence-corrected chi connectivity index (χ1v) is 8.28. The largest absolute Gasteiger partial charge is 0.266 e. The van der Waals surface area contributed by atoms with E-state index in [9.17, 15) is 8.42 Å². The van der Waals surface area contributed by atoms with Crippen LogP contribution in [-0.4, -0.2) is 23.2 Å². The number of H-pyrrole nitrogens is 1. The number of aromatic amines is 1. The van der Waals surface area contributed by atoms with Crippen LogP contribution in [0, 0.1) is 4.77 Å². The van der Waals surface area contributed by atoms with Gasteiger partial charge in [0.2, 0.25) is 14.8 Å². The maximum atomic E-state index is 11.3. The van der Waals surface area contributed by atoms with Gasteiger partial charge in [-0.3, -0.25) is 5.10 Å². The second-order valence-electron chi connectivity index (χ2n) is 4.59. The lowest BCUT2D eigenvalue weighted by Gasteiger charge is -2.07. The topological polar surface area (TPSA) is 93.8 Å². The maximum Gasteiger partial charge on any atom is 0.238 e. The molecule has 3 aromatic rings. The molecule has 8 heteroatoms. The van der Waals surface area contributed by atoms with E-state index in [0.29, 0.717) is 16.3 Å². The zero-order valence-electron chi connectivity index (χ0n) is 11.3. The summed E-state index contributed by atoms with van der Waals surface area (Å²) in [5.74, 6) is 0.647. The summed E-state index contributed by atoms with van der Waals surface area (Å²) in [7, 11) is -3.71. The Labute approximate surface area is 132 Å². The van der Waals surface area contributed by atoms with Gasteiger partial charge in [0, 0.05) is 5.56 Å². The zero-order valence-corrected chi connectivity index (χ0v) is 12.9. The van der Waals surface area contributed by atoms with Gasteiger partial charge in [0.25, 0.3) is 0 Å². The quantitative estimate of drug-likeness (QED) is 0.719. The number of sulfonamides is 1. The molecule has 0 unspecified atom stereocenters. The predicted molar refractivity (Wildman–Crippen MR) is 85.6 cm³/mol. The summed E-state index contributed by atoms with van der Waals surface area (Å²) in [6.45, 7) is 0. The van der Waals surface area contributed by atoms with E-state index in [-0.39, 0.29) is 4.90 Å². The number of benzene rings is 2. The van der Waals surface area contributed by atoms with Crippen LogP contribution < -0.4 is 5.14 Å². The first-order chi connectivity index (χ1) is 10.4. The molecule has 2 aromatic carbocycles. The first kappa shape index (κ1) is 14.6. The minimum absolute atomic E-state index is 0.0521. The SMILES string of the molecule is NS(=O)(=O)c1ccc(-n2[nH]c(=S)nc2-c2ccccc2)cc1. The van der Waals surface area contributed by atoms with Gasteiger partial charge in [0.15, 0.2) is 5.82 Å². The molecule has 1 heterocycles. The van der Waals surface area contributed by atoms with Crippen LogP contribution in [0.4, 0.5) is 0 Å². The Morgan fingerprint density at radius 3 is 2.27 bits per heavy atom. The third-order valence-corrected chi connectivity index (χ3v) is 4.19. The molecular weight excluding hydrogens is 320 g/mol. The Kier molecular flexibility index (Phi) is 3.65. The summed E-state index contributed by atoms with van der Waals surface area (Å²) in [5.41, 5.74) is 1.60. The fraction of sp³-hybridized carbons (Fsp3) is 0. The Balaban J connectivity index is 2.12. The van der Waals surface area contributed by atoms with Crippen molar-refractivity contribution in [3.8, 4) is 17.1 Å². The van der Waals surface area contributed by atoms with E-state index in [0.717, 1.165) is 5.56 Å². The van der Waals surface area contributed by atoms with E-state index in [2.05, 4.69) is 10.1 Å². The lowest BCUT2D eigenvalue weighted by atomic mass is 10.2. The van der Waals surface area contributed by atoms with Gasteiger partial charge in [-0.1, -0.05) is 30.3 Å². The minimum Gasteiger partial charge on any atom is -0.266 e. The van der Waals surface area contributed by atoms with Crippen LogP contribution in [0.5, 0.6) is 0 Å². The molecule has 6 nitrogen and oxygen atoms in total. The number of rotatable bonds is 3. The first-order valence-electron chi connectivity index (χ1n) is 6.33. The smallest absolute Gasteiger partial charge is 0.238 e. The van der Waals surface area contributed by atoms with Crippen LogP contribution in [0.25, 0.3) is 17.1 Å². The van der Waals surface area contributed by atoms with E-state index >= 15 is 0 Å². The molecule has 0 amide bonds. The summed E-state index contributed by atoms with van der Waals surface area (Å²) < 4.78 is 24.7. The molecule has 0 aliphatic heterocycles. The fourth-order valence-electron chi connectivity index (χ4n) is 2.07. The van der Waals surface area contributed by atoms with Crippen LogP contribution in [0.1, 0.15) is 0 Å². The van der Waals surface area contributed by atoms with Crippen molar-refractivity contribution in [2.24, 2.45) is 5.14 Å². The van der Waals surface area contributed by atoms with Crippen molar-refractivity contribution in [2.75, 3.05) is 0 Å². The Morgan fingerprint density at radius 1 is 1.05 bits per heavy atom. The minimum atomic E-state index is -3.71. The van der Waals surface area contributed by atoms with Gasteiger partial charge in [-0.2, -0.15) is 4.98 Å². The fourth-order valence-corrected chi connectivity index (χ4v) is 2.77. The summed E-state index contributed by atoms with van der Waals surface area (Å²) in [4.78, 5) is 4.36. The number of hydrogen-bond donors (Lipinski definition) is 2. The monoisotopic (exact) mass is 332 g/mol. The van der Waals surface area contributed by atoms with Crippen molar-refractivity contribution in [1.82, 2.24) is 14.8 Å². The molecule has 0 saturated carbocycles. The average molecular weight is 332 g/mol. The number of nitrogens with two attached hydrogens (primary N) is 1. The second kappa shape index (κ2) is 5.48. The number of aromatic nitrogens is 3. The van der Waals surface area contributed by atoms with Crippen LogP contribution in [0.2, 0.25) is 0 Å². The molecule has 0 radical (unpaired) electrons. The van der Waals surface area contributed by atoms with Crippen molar-refractivity contribution in [2.45, 2.75) is 4.90 Å². The number of hydrogen-bond acceptors (Lipinski definition) is 4. The predicted octanol–water partition coefficient (Wildman–Crippen LogP) is 2.24. The summed E-state index contributed by atoms with van der Waals surface area (Å²) in [5, 5.41) is 8.06. The van der Waals surface area contributed by atoms with Gasteiger partial charge in [-0.15, -0.1) is 0 Å². The van der Waals surface area contributed by atoms with Crippen LogP contribution in [0.15, 0.2) is 59.5 Å². The summed E-state index contributed by atoms with van der Waals surface area (Å²) in [6, 6.07) is 15.7. The highest BCUT2D eigenvalue weighted by atomic mass is 32.2. The molecule has 0 bridgehead atoms. The molecule has 3 rings (SSSR count). The standard InChI is InChI=1S/C14H12N4O2S2/c15-22(19,20)12-8-6-11(7-9-12)18-13(16-14(21)17-18)10-4-2-1-3-5-10/h1-9H,(H,17,21)(H2,15,19,20). The molecule has 1 aromatic heterocycles. The van der Waals surface area contributed by atoms with E-state index in [4.69, 9.17) is 17.4 Å². The number of nitrogens with zero attached hydrogens (tertiary/aromatic N) is 2. The van der Waals surface area contributed by atoms with E-state index < -0.39 is 10.0 Å². The average Bonchev–Trinajstić information content (AvgIpc) is 2.89. The second-order valence-corrected chi connectivity index (χ2v) is 6.54. The third kappa shape index (κ3) is 2.84. The molecule has 0 aliphatic carbocycles. The summed E-state index contributed by atoms with van der Waals surface area (Å²) in [6.07, 6.45) is 0. The molecular formula is C14H12N4O2S2. The molecule has 22 heavy (non-hydrogen) atoms. The highest BCUT2D eigenvalue weighted by molar-refractivity contribution is 7.89. The third-order valence-electron chi connectivity index (χ3n) is 3.08. The van der Waals surface area contributed by atoms with Gasteiger partial charge < -0.3 is 0 Å². The van der Waals surface area contributed by atoms with Crippen molar-refractivity contribution in [1.29, 1.82) is 0 Å². The van der Waals surface area contributed by atoms with Gasteiger partial charge >= 0.3 is 0 Å². The van der Waals surface area contributed by atoms with Crippen molar-refractivity contribution >= 4 is 22.2 Å². The zero-order chi connectivity index (χ0) is 15.7. The molecule has 0 fully saturated rings. The van der Waals surface area contributed by atoms with Crippen LogP contribution in [0.3, 0.4) is 0 Å². The maximum absolute atomic E-state index is 11.3. The van der Waals surface area contributed by atoms with Gasteiger partial charge in [-0.25, -0.2) is 18.2 Å². The van der Waals surface area contributed by atoms with Gasteiger partial charge in [0.1, 0.15) is 0 Å². The highest BCUT2D eigenvalue weighted by Crippen LogP contribution is 2.21. The molecule has 112 valence electrons. The highest BCUT2D eigenvalue weighted by Gasteiger charge is 2.11. The van der Waals surface area contributed by atoms with Gasteiger partial charge in [0.05, 0.1) is 10.6 Å².